The molecule has 6 heteroatoms. The van der Waals surface area contributed by atoms with Gasteiger partial charge in [0.25, 0.3) is 0 Å². The number of benzene rings is 1. The number of carboxylic acid groups (broad SMARTS) is 1. The van der Waals surface area contributed by atoms with Gasteiger partial charge >= 0.3 is 5.97 Å². The SMILES string of the molecule is CC(=O)NCCN(C(=O)[C@@H](C)c1ccccc1)C(C)C(=O)O. The van der Waals surface area contributed by atoms with Crippen LogP contribution in [0.2, 0.25) is 0 Å². The van der Waals surface area contributed by atoms with Crippen LogP contribution in [0, 0.1) is 0 Å². The van der Waals surface area contributed by atoms with Gasteiger partial charge in [-0.3, -0.25) is 9.59 Å². The molecule has 0 aliphatic rings. The summed E-state index contributed by atoms with van der Waals surface area (Å²) in [5.41, 5.74) is 0.828. The van der Waals surface area contributed by atoms with E-state index in [0.29, 0.717) is 0 Å². The van der Waals surface area contributed by atoms with E-state index in [1.165, 1.54) is 18.7 Å². The van der Waals surface area contributed by atoms with Crippen LogP contribution in [-0.4, -0.2) is 46.9 Å². The number of carbonyl (C=O) groups excluding carboxylic acids is 2. The molecule has 6 nitrogen and oxygen atoms in total. The molecule has 1 rings (SSSR count). The second kappa shape index (κ2) is 8.17. The van der Waals surface area contributed by atoms with Crippen molar-refractivity contribution in [3.63, 3.8) is 0 Å². The monoisotopic (exact) mass is 306 g/mol. The Bertz CT molecular complexity index is 530. The third kappa shape index (κ3) is 4.87. The highest BCUT2D eigenvalue weighted by atomic mass is 16.4. The number of hydrogen-bond acceptors (Lipinski definition) is 3. The fraction of sp³-hybridized carbons (Fsp3) is 0.438. The maximum Gasteiger partial charge on any atom is 0.326 e. The van der Waals surface area contributed by atoms with Crippen LogP contribution in [0.5, 0.6) is 0 Å². The Balaban J connectivity index is 2.86. The smallest absolute Gasteiger partial charge is 0.326 e. The van der Waals surface area contributed by atoms with Crippen molar-refractivity contribution in [3.05, 3.63) is 35.9 Å². The molecule has 0 saturated carbocycles. The molecule has 2 atom stereocenters. The molecule has 0 saturated heterocycles. The average Bonchev–Trinajstić information content (AvgIpc) is 2.50. The van der Waals surface area contributed by atoms with E-state index in [9.17, 15) is 19.5 Å². The minimum absolute atomic E-state index is 0.156. The highest BCUT2D eigenvalue weighted by molar-refractivity contribution is 5.87. The first-order valence-corrected chi connectivity index (χ1v) is 7.17. The van der Waals surface area contributed by atoms with Crippen molar-refractivity contribution in [2.45, 2.75) is 32.7 Å². The maximum absolute atomic E-state index is 12.6. The summed E-state index contributed by atoms with van der Waals surface area (Å²) in [5.74, 6) is -2.00. The lowest BCUT2D eigenvalue weighted by atomic mass is 9.99. The molecular weight excluding hydrogens is 284 g/mol. The Morgan fingerprint density at radius 1 is 1.18 bits per heavy atom. The van der Waals surface area contributed by atoms with Gasteiger partial charge in [0.1, 0.15) is 6.04 Å². The van der Waals surface area contributed by atoms with Crippen molar-refractivity contribution in [2.75, 3.05) is 13.1 Å². The number of rotatable bonds is 7. The van der Waals surface area contributed by atoms with E-state index >= 15 is 0 Å². The van der Waals surface area contributed by atoms with Crippen LogP contribution in [0.25, 0.3) is 0 Å². The van der Waals surface area contributed by atoms with E-state index in [-0.39, 0.29) is 24.9 Å². The fourth-order valence-electron chi connectivity index (χ4n) is 2.11. The average molecular weight is 306 g/mol. The van der Waals surface area contributed by atoms with Gasteiger partial charge in [-0.15, -0.1) is 0 Å². The van der Waals surface area contributed by atoms with Crippen LogP contribution in [0.1, 0.15) is 32.3 Å². The Kier molecular flexibility index (Phi) is 6.56. The van der Waals surface area contributed by atoms with E-state index in [1.807, 2.05) is 30.3 Å². The van der Waals surface area contributed by atoms with Gasteiger partial charge in [0, 0.05) is 20.0 Å². The lowest BCUT2D eigenvalue weighted by Gasteiger charge is -2.29. The molecule has 0 fully saturated rings. The summed E-state index contributed by atoms with van der Waals surface area (Å²) in [5, 5.41) is 11.8. The van der Waals surface area contributed by atoms with Gasteiger partial charge in [-0.2, -0.15) is 0 Å². The summed E-state index contributed by atoms with van der Waals surface area (Å²) < 4.78 is 0. The van der Waals surface area contributed by atoms with E-state index in [2.05, 4.69) is 5.32 Å². The predicted molar refractivity (Wildman–Crippen MR) is 82.4 cm³/mol. The zero-order valence-electron chi connectivity index (χ0n) is 13.1. The lowest BCUT2D eigenvalue weighted by molar-refractivity contribution is -0.149. The summed E-state index contributed by atoms with van der Waals surface area (Å²) in [6, 6.07) is 8.24. The van der Waals surface area contributed by atoms with Crippen LogP contribution in [0.3, 0.4) is 0 Å². The molecule has 0 aliphatic carbocycles. The third-order valence-electron chi connectivity index (χ3n) is 3.50. The summed E-state index contributed by atoms with van der Waals surface area (Å²) in [6.45, 7) is 4.96. The highest BCUT2D eigenvalue weighted by Gasteiger charge is 2.29. The molecular formula is C16H22N2O4. The van der Waals surface area contributed by atoms with Crippen molar-refractivity contribution in [1.29, 1.82) is 0 Å². The van der Waals surface area contributed by atoms with Crippen molar-refractivity contribution in [2.24, 2.45) is 0 Å². The first kappa shape index (κ1) is 17.7. The number of amides is 2. The van der Waals surface area contributed by atoms with Crippen LogP contribution < -0.4 is 5.32 Å². The topological polar surface area (TPSA) is 86.7 Å². The Hall–Kier alpha value is -2.37. The molecule has 2 N–H and O–H groups in total. The van der Waals surface area contributed by atoms with Gasteiger partial charge in [0.15, 0.2) is 0 Å². The van der Waals surface area contributed by atoms with Gasteiger partial charge < -0.3 is 15.3 Å². The summed E-state index contributed by atoms with van der Waals surface area (Å²) in [7, 11) is 0. The third-order valence-corrected chi connectivity index (χ3v) is 3.50. The Morgan fingerprint density at radius 2 is 1.77 bits per heavy atom. The molecule has 1 aromatic rings. The fourth-order valence-corrected chi connectivity index (χ4v) is 2.11. The molecule has 2 amide bonds. The molecule has 120 valence electrons. The summed E-state index contributed by atoms with van der Waals surface area (Å²) in [6.07, 6.45) is 0. The summed E-state index contributed by atoms with van der Waals surface area (Å²) >= 11 is 0. The molecule has 22 heavy (non-hydrogen) atoms. The second-order valence-electron chi connectivity index (χ2n) is 5.16. The predicted octanol–water partition coefficient (Wildman–Crippen LogP) is 1.23. The van der Waals surface area contributed by atoms with Crippen molar-refractivity contribution in [1.82, 2.24) is 10.2 Å². The molecule has 0 heterocycles. The molecule has 1 aromatic carbocycles. The minimum atomic E-state index is -1.07. The highest BCUT2D eigenvalue weighted by Crippen LogP contribution is 2.19. The first-order chi connectivity index (χ1) is 10.3. The standard InChI is InChI=1S/C16H22N2O4/c1-11(14-7-5-4-6-8-14)15(20)18(12(2)16(21)22)10-9-17-13(3)19/h4-8,11-12H,9-10H2,1-3H3,(H,17,19)(H,21,22)/t11-,12?/m0/s1. The minimum Gasteiger partial charge on any atom is -0.480 e. The van der Waals surface area contributed by atoms with Gasteiger partial charge in [-0.05, 0) is 19.4 Å². The number of nitrogens with one attached hydrogen (secondary N) is 1. The lowest BCUT2D eigenvalue weighted by Crippen LogP contribution is -2.48. The van der Waals surface area contributed by atoms with Gasteiger partial charge in [-0.25, -0.2) is 4.79 Å². The number of nitrogens with zero attached hydrogens (tertiary/aromatic N) is 1. The zero-order chi connectivity index (χ0) is 16.7. The molecule has 1 unspecified atom stereocenters. The number of hydrogen-bond donors (Lipinski definition) is 2. The Morgan fingerprint density at radius 3 is 2.27 bits per heavy atom. The normalized spacial score (nSPS) is 13.0. The summed E-state index contributed by atoms with van der Waals surface area (Å²) in [4.78, 5) is 36.0. The van der Waals surface area contributed by atoms with Crippen molar-refractivity contribution < 1.29 is 19.5 Å². The van der Waals surface area contributed by atoms with Crippen LogP contribution in [0.15, 0.2) is 30.3 Å². The van der Waals surface area contributed by atoms with E-state index in [1.54, 1.807) is 6.92 Å². The van der Waals surface area contributed by atoms with Crippen LogP contribution in [-0.2, 0) is 14.4 Å². The van der Waals surface area contributed by atoms with Gasteiger partial charge in [0.05, 0.1) is 5.92 Å². The maximum atomic E-state index is 12.6. The quantitative estimate of drug-likeness (QED) is 0.793. The first-order valence-electron chi connectivity index (χ1n) is 7.17. The van der Waals surface area contributed by atoms with Gasteiger partial charge in [0.2, 0.25) is 11.8 Å². The number of aliphatic carboxylic acids is 1. The van der Waals surface area contributed by atoms with Gasteiger partial charge in [-0.1, -0.05) is 30.3 Å². The largest absolute Gasteiger partial charge is 0.480 e. The van der Waals surface area contributed by atoms with E-state index < -0.39 is 17.9 Å². The zero-order valence-corrected chi connectivity index (χ0v) is 13.1. The Labute approximate surface area is 130 Å². The number of carbonyl (C=O) groups is 3. The number of carboxylic acids is 1. The molecule has 0 spiro atoms. The second-order valence-corrected chi connectivity index (χ2v) is 5.16. The molecule has 0 aliphatic heterocycles. The molecule has 0 aromatic heterocycles. The van der Waals surface area contributed by atoms with Crippen LogP contribution >= 0.6 is 0 Å². The van der Waals surface area contributed by atoms with Crippen molar-refractivity contribution in [3.8, 4) is 0 Å². The van der Waals surface area contributed by atoms with Crippen molar-refractivity contribution >= 4 is 17.8 Å². The van der Waals surface area contributed by atoms with E-state index in [0.717, 1.165) is 5.56 Å². The van der Waals surface area contributed by atoms with E-state index in [4.69, 9.17) is 0 Å². The molecule has 0 radical (unpaired) electrons. The molecule has 0 bridgehead atoms. The van der Waals surface area contributed by atoms with Crippen LogP contribution in [0.4, 0.5) is 0 Å².